The number of nitrogens with two attached hydrogens (primary N) is 1. The number of hydrogen-bond acceptors (Lipinski definition) is 6. The molecule has 0 aliphatic carbocycles. The minimum absolute atomic E-state index is 0.0837. The van der Waals surface area contributed by atoms with Crippen LogP contribution in [0.1, 0.15) is 24.1 Å². The quantitative estimate of drug-likeness (QED) is 0.649. The number of thiophene rings is 1. The largest absolute Gasteiger partial charge is 0.369 e. The van der Waals surface area contributed by atoms with E-state index in [1.165, 1.54) is 4.88 Å². The van der Waals surface area contributed by atoms with Gasteiger partial charge in [0.25, 0.3) is 0 Å². The smallest absolute Gasteiger partial charge is 0.223 e. The lowest BCUT2D eigenvalue weighted by atomic mass is 9.96. The molecule has 0 spiro atoms. The maximum Gasteiger partial charge on any atom is 0.223 e. The van der Waals surface area contributed by atoms with Gasteiger partial charge in [-0.25, -0.2) is 9.97 Å². The summed E-state index contributed by atoms with van der Waals surface area (Å²) in [5.41, 5.74) is 5.32. The molecule has 0 unspecified atom stereocenters. The van der Waals surface area contributed by atoms with Crippen molar-refractivity contribution in [1.29, 1.82) is 0 Å². The first-order valence-electron chi connectivity index (χ1n) is 7.95. The Hall–Kier alpha value is -1.67. The van der Waals surface area contributed by atoms with Crippen molar-refractivity contribution in [1.82, 2.24) is 14.9 Å². The van der Waals surface area contributed by atoms with Gasteiger partial charge in [0, 0.05) is 41.4 Å². The Morgan fingerprint density at radius 2 is 2.12 bits per heavy atom. The van der Waals surface area contributed by atoms with Gasteiger partial charge in [0.2, 0.25) is 11.8 Å². The van der Waals surface area contributed by atoms with E-state index in [4.69, 9.17) is 5.73 Å². The van der Waals surface area contributed by atoms with Gasteiger partial charge in [-0.15, -0.1) is 23.1 Å². The van der Waals surface area contributed by atoms with Gasteiger partial charge in [0.15, 0.2) is 0 Å². The Kier molecular flexibility index (Phi) is 5.35. The van der Waals surface area contributed by atoms with Crippen LogP contribution < -0.4 is 5.73 Å². The zero-order valence-electron chi connectivity index (χ0n) is 13.5. The van der Waals surface area contributed by atoms with Crippen molar-refractivity contribution >= 4 is 45.1 Å². The average molecular weight is 364 g/mol. The second kappa shape index (κ2) is 7.48. The minimum atomic E-state index is -0.253. The number of carbonyl (C=O) groups is 2. The van der Waals surface area contributed by atoms with Crippen LogP contribution in [-0.4, -0.2) is 45.5 Å². The third-order valence-corrected chi connectivity index (χ3v) is 6.19. The number of aryl methyl sites for hydroxylation is 1. The zero-order valence-corrected chi connectivity index (χ0v) is 15.2. The van der Waals surface area contributed by atoms with Crippen molar-refractivity contribution in [2.75, 3.05) is 18.8 Å². The number of fused-ring (bicyclic) bond motifs is 1. The number of likely N-dealkylation sites (tertiary alicyclic amines) is 1. The lowest BCUT2D eigenvalue weighted by molar-refractivity contribution is -0.134. The molecule has 8 heteroatoms. The Morgan fingerprint density at radius 1 is 1.38 bits per heavy atom. The Labute approximate surface area is 148 Å². The highest BCUT2D eigenvalue weighted by molar-refractivity contribution is 7.99. The first-order valence-corrected chi connectivity index (χ1v) is 9.76. The van der Waals surface area contributed by atoms with Crippen LogP contribution in [0.15, 0.2) is 17.4 Å². The summed E-state index contributed by atoms with van der Waals surface area (Å²) < 4.78 is 0. The fraction of sp³-hybridized carbons (Fsp3) is 0.500. The maximum absolute atomic E-state index is 12.3. The van der Waals surface area contributed by atoms with E-state index in [0.29, 0.717) is 38.1 Å². The molecule has 0 radical (unpaired) electrons. The lowest BCUT2D eigenvalue weighted by Gasteiger charge is -2.30. The SMILES string of the molecule is Cc1cc2c(SCCC(=O)N3CCC(C(N)=O)CC3)ncnc2s1. The third-order valence-electron chi connectivity index (χ3n) is 4.22. The van der Waals surface area contributed by atoms with Crippen molar-refractivity contribution in [3.63, 3.8) is 0 Å². The van der Waals surface area contributed by atoms with Gasteiger partial charge in [-0.3, -0.25) is 9.59 Å². The van der Waals surface area contributed by atoms with E-state index in [1.807, 2.05) is 4.90 Å². The summed E-state index contributed by atoms with van der Waals surface area (Å²) in [5.74, 6) is 0.489. The van der Waals surface area contributed by atoms with Gasteiger partial charge in [0.1, 0.15) is 16.2 Å². The van der Waals surface area contributed by atoms with Crippen molar-refractivity contribution in [3.8, 4) is 0 Å². The number of aromatic nitrogens is 2. The van der Waals surface area contributed by atoms with Gasteiger partial charge in [-0.05, 0) is 25.8 Å². The number of carbonyl (C=O) groups excluding carboxylic acids is 2. The van der Waals surface area contributed by atoms with Gasteiger partial charge in [-0.1, -0.05) is 0 Å². The molecule has 2 aromatic rings. The van der Waals surface area contributed by atoms with Crippen LogP contribution in [0.2, 0.25) is 0 Å². The molecule has 2 aromatic heterocycles. The predicted octanol–water partition coefficient (Wildman–Crippen LogP) is 2.21. The number of hydrogen-bond donors (Lipinski definition) is 1. The summed E-state index contributed by atoms with van der Waals surface area (Å²) in [5, 5.41) is 2.00. The van der Waals surface area contributed by atoms with Crippen LogP contribution in [0.4, 0.5) is 0 Å². The first-order chi connectivity index (χ1) is 11.5. The molecule has 1 aliphatic heterocycles. The maximum atomic E-state index is 12.3. The topological polar surface area (TPSA) is 89.2 Å². The number of amides is 2. The van der Waals surface area contributed by atoms with E-state index in [1.54, 1.807) is 29.4 Å². The monoisotopic (exact) mass is 364 g/mol. The van der Waals surface area contributed by atoms with Gasteiger partial charge in [0.05, 0.1) is 0 Å². The second-order valence-corrected chi connectivity index (χ2v) is 8.23. The highest BCUT2D eigenvalue weighted by Crippen LogP contribution is 2.30. The summed E-state index contributed by atoms with van der Waals surface area (Å²) in [6.45, 7) is 3.30. The normalized spacial score (nSPS) is 15.8. The fourth-order valence-electron chi connectivity index (χ4n) is 2.88. The first kappa shape index (κ1) is 17.2. The molecule has 3 rings (SSSR count). The number of primary amides is 1. The van der Waals surface area contributed by atoms with Crippen molar-refractivity contribution < 1.29 is 9.59 Å². The van der Waals surface area contributed by atoms with Crippen molar-refractivity contribution in [2.24, 2.45) is 11.7 Å². The molecule has 128 valence electrons. The number of piperidine rings is 1. The number of rotatable bonds is 5. The molecule has 6 nitrogen and oxygen atoms in total. The van der Waals surface area contributed by atoms with E-state index in [-0.39, 0.29) is 17.7 Å². The second-order valence-electron chi connectivity index (χ2n) is 5.91. The average Bonchev–Trinajstić information content (AvgIpc) is 2.96. The van der Waals surface area contributed by atoms with Crippen LogP contribution in [0, 0.1) is 12.8 Å². The standard InChI is InChI=1S/C16H20N4O2S2/c1-10-8-12-15(18-9-19-16(12)24-10)23-7-4-13(21)20-5-2-11(3-6-20)14(17)22/h8-9,11H,2-7H2,1H3,(H2,17,22). The summed E-state index contributed by atoms with van der Waals surface area (Å²) in [6, 6.07) is 2.10. The Morgan fingerprint density at radius 3 is 2.83 bits per heavy atom. The lowest BCUT2D eigenvalue weighted by Crippen LogP contribution is -2.41. The minimum Gasteiger partial charge on any atom is -0.369 e. The van der Waals surface area contributed by atoms with E-state index < -0.39 is 0 Å². The molecule has 0 saturated carbocycles. The van der Waals surface area contributed by atoms with Gasteiger partial charge < -0.3 is 10.6 Å². The molecule has 2 amide bonds. The van der Waals surface area contributed by atoms with E-state index in [9.17, 15) is 9.59 Å². The molecule has 1 fully saturated rings. The summed E-state index contributed by atoms with van der Waals surface area (Å²) in [7, 11) is 0. The van der Waals surface area contributed by atoms with Crippen molar-refractivity contribution in [2.45, 2.75) is 31.2 Å². The van der Waals surface area contributed by atoms with Gasteiger partial charge >= 0.3 is 0 Å². The summed E-state index contributed by atoms with van der Waals surface area (Å²) in [6.07, 6.45) is 3.40. The van der Waals surface area contributed by atoms with E-state index in [0.717, 1.165) is 15.2 Å². The molecule has 1 saturated heterocycles. The van der Waals surface area contributed by atoms with E-state index >= 15 is 0 Å². The number of nitrogens with zero attached hydrogens (tertiary/aromatic N) is 3. The van der Waals surface area contributed by atoms with Crippen LogP contribution >= 0.6 is 23.1 Å². The van der Waals surface area contributed by atoms with Crippen LogP contribution in [0.25, 0.3) is 10.2 Å². The zero-order chi connectivity index (χ0) is 17.1. The van der Waals surface area contributed by atoms with Crippen molar-refractivity contribution in [3.05, 3.63) is 17.3 Å². The molecule has 0 bridgehead atoms. The summed E-state index contributed by atoms with van der Waals surface area (Å²) in [4.78, 5) is 36.1. The molecule has 24 heavy (non-hydrogen) atoms. The molecular weight excluding hydrogens is 344 g/mol. The highest BCUT2D eigenvalue weighted by Gasteiger charge is 2.25. The molecule has 2 N–H and O–H groups in total. The Bertz CT molecular complexity index is 754. The molecular formula is C16H20N4O2S2. The van der Waals surface area contributed by atoms with E-state index in [2.05, 4.69) is 23.0 Å². The third kappa shape index (κ3) is 3.87. The molecule has 0 atom stereocenters. The summed E-state index contributed by atoms with van der Waals surface area (Å²) >= 11 is 3.25. The molecule has 0 aromatic carbocycles. The highest BCUT2D eigenvalue weighted by atomic mass is 32.2. The van der Waals surface area contributed by atoms with Crippen LogP contribution in [-0.2, 0) is 9.59 Å². The molecule has 3 heterocycles. The Balaban J connectivity index is 1.51. The van der Waals surface area contributed by atoms with Gasteiger partial charge in [-0.2, -0.15) is 0 Å². The van der Waals surface area contributed by atoms with Crippen LogP contribution in [0.3, 0.4) is 0 Å². The van der Waals surface area contributed by atoms with Crippen LogP contribution in [0.5, 0.6) is 0 Å². The fourth-order valence-corrected chi connectivity index (χ4v) is 4.69. The number of thioether (sulfide) groups is 1. The predicted molar refractivity (Wildman–Crippen MR) is 96.0 cm³/mol. The molecule has 1 aliphatic rings.